The summed E-state index contributed by atoms with van der Waals surface area (Å²) in [5.74, 6) is -0.463. The van der Waals surface area contributed by atoms with Gasteiger partial charge in [-0.05, 0) is 43.4 Å². The zero-order valence-corrected chi connectivity index (χ0v) is 16.7. The fourth-order valence-corrected chi connectivity index (χ4v) is 5.09. The summed E-state index contributed by atoms with van der Waals surface area (Å²) in [6, 6.07) is 6.01. The molecule has 1 saturated heterocycles. The molecule has 2 amide bonds. The molecule has 0 atom stereocenters. The topological polar surface area (TPSA) is 49.9 Å². The molecule has 0 bridgehead atoms. The number of nitrogens with zero attached hydrogens (tertiary/aromatic N) is 2. The maximum absolute atomic E-state index is 13.0. The lowest BCUT2D eigenvalue weighted by atomic mass is 9.95. The third kappa shape index (κ3) is 4.12. The highest BCUT2D eigenvalue weighted by Gasteiger charge is 2.29. The predicted molar refractivity (Wildman–Crippen MR) is 106 cm³/mol. The number of halogens is 2. The summed E-state index contributed by atoms with van der Waals surface area (Å²) in [4.78, 5) is 30.5. The highest BCUT2D eigenvalue weighted by Crippen LogP contribution is 2.31. The molecular formula is C21H22F2N2O3S. The van der Waals surface area contributed by atoms with Crippen LogP contribution in [0.1, 0.15) is 44.0 Å². The Balaban J connectivity index is 1.41. The highest BCUT2D eigenvalue weighted by molar-refractivity contribution is 7.10. The van der Waals surface area contributed by atoms with Gasteiger partial charge in [-0.3, -0.25) is 9.59 Å². The molecular weight excluding hydrogens is 398 g/mol. The molecule has 2 aromatic rings. The van der Waals surface area contributed by atoms with Crippen molar-refractivity contribution < 1.29 is 23.1 Å². The van der Waals surface area contributed by atoms with Gasteiger partial charge >= 0.3 is 6.61 Å². The van der Waals surface area contributed by atoms with Crippen molar-refractivity contribution in [3.63, 3.8) is 0 Å². The van der Waals surface area contributed by atoms with Crippen molar-refractivity contribution in [3.8, 4) is 5.75 Å². The number of fused-ring (bicyclic) bond motifs is 1. The van der Waals surface area contributed by atoms with Crippen molar-refractivity contribution in [2.75, 3.05) is 26.2 Å². The monoisotopic (exact) mass is 420 g/mol. The number of rotatable bonds is 4. The van der Waals surface area contributed by atoms with Gasteiger partial charge in [-0.25, -0.2) is 0 Å². The van der Waals surface area contributed by atoms with E-state index in [1.165, 1.54) is 29.0 Å². The summed E-state index contributed by atoms with van der Waals surface area (Å²) in [7, 11) is 0. The summed E-state index contributed by atoms with van der Waals surface area (Å²) in [6.07, 6.45) is 4.31. The van der Waals surface area contributed by atoms with Crippen molar-refractivity contribution in [1.29, 1.82) is 0 Å². The van der Waals surface area contributed by atoms with Crippen LogP contribution in [0.15, 0.2) is 29.6 Å². The van der Waals surface area contributed by atoms with E-state index in [1.807, 2.05) is 5.38 Å². The van der Waals surface area contributed by atoms with Crippen LogP contribution in [-0.4, -0.2) is 54.4 Å². The Kier molecular flexibility index (Phi) is 5.80. The Morgan fingerprint density at radius 2 is 1.55 bits per heavy atom. The lowest BCUT2D eigenvalue weighted by molar-refractivity contribution is -0.0503. The van der Waals surface area contributed by atoms with Crippen LogP contribution in [0, 0.1) is 0 Å². The second kappa shape index (κ2) is 8.49. The first-order valence-electron chi connectivity index (χ1n) is 9.76. The van der Waals surface area contributed by atoms with Crippen LogP contribution >= 0.6 is 11.3 Å². The minimum absolute atomic E-state index is 0.0259. The molecule has 1 aliphatic heterocycles. The molecule has 0 spiro atoms. The van der Waals surface area contributed by atoms with Crippen LogP contribution < -0.4 is 4.74 Å². The standard InChI is InChI=1S/C21H22F2N2O3S/c22-21(23)28-17-7-3-1-6-15(17)19(26)24-9-11-25(12-10-24)20(27)16-13-29-18-8-4-2-5-14(16)18/h1,3,6-7,13,21H,2,4-5,8-12H2. The fourth-order valence-electron chi connectivity index (χ4n) is 3.97. The molecule has 2 aliphatic rings. The van der Waals surface area contributed by atoms with E-state index in [9.17, 15) is 18.4 Å². The van der Waals surface area contributed by atoms with Gasteiger partial charge in [0.15, 0.2) is 0 Å². The number of thiophene rings is 1. The normalized spacial score (nSPS) is 16.7. The van der Waals surface area contributed by atoms with E-state index in [0.29, 0.717) is 26.2 Å². The van der Waals surface area contributed by atoms with E-state index in [1.54, 1.807) is 33.3 Å². The number of amides is 2. The van der Waals surface area contributed by atoms with Gasteiger partial charge in [0, 0.05) is 36.4 Å². The lowest BCUT2D eigenvalue weighted by Crippen LogP contribution is -2.50. The van der Waals surface area contributed by atoms with Crippen LogP contribution in [0.2, 0.25) is 0 Å². The molecule has 8 heteroatoms. The van der Waals surface area contributed by atoms with Gasteiger partial charge in [0.25, 0.3) is 11.8 Å². The first-order valence-corrected chi connectivity index (χ1v) is 10.6. The molecule has 0 radical (unpaired) electrons. The number of piperazine rings is 1. The van der Waals surface area contributed by atoms with E-state index >= 15 is 0 Å². The molecule has 0 saturated carbocycles. The number of carbonyl (C=O) groups is 2. The number of carbonyl (C=O) groups excluding carboxylic acids is 2. The van der Waals surface area contributed by atoms with Gasteiger partial charge < -0.3 is 14.5 Å². The predicted octanol–water partition coefficient (Wildman–Crippen LogP) is 3.83. The summed E-state index contributed by atoms with van der Waals surface area (Å²) in [6.45, 7) is -1.42. The van der Waals surface area contributed by atoms with E-state index in [0.717, 1.165) is 24.8 Å². The zero-order chi connectivity index (χ0) is 20.4. The van der Waals surface area contributed by atoms with Gasteiger partial charge in [-0.1, -0.05) is 12.1 Å². The first kappa shape index (κ1) is 19.8. The summed E-state index contributed by atoms with van der Waals surface area (Å²) >= 11 is 1.67. The number of para-hydroxylation sites is 1. The number of hydrogen-bond donors (Lipinski definition) is 0. The van der Waals surface area contributed by atoms with Crippen LogP contribution in [0.4, 0.5) is 8.78 Å². The van der Waals surface area contributed by atoms with Gasteiger partial charge in [0.05, 0.1) is 11.1 Å². The van der Waals surface area contributed by atoms with Crippen molar-refractivity contribution >= 4 is 23.2 Å². The second-order valence-electron chi connectivity index (χ2n) is 7.22. The first-order chi connectivity index (χ1) is 14.0. The molecule has 154 valence electrons. The molecule has 4 rings (SSSR count). The Morgan fingerprint density at radius 3 is 2.24 bits per heavy atom. The van der Waals surface area contributed by atoms with Crippen molar-refractivity contribution in [2.24, 2.45) is 0 Å². The number of ether oxygens (including phenoxy) is 1. The van der Waals surface area contributed by atoms with E-state index in [4.69, 9.17) is 0 Å². The Labute approximate surface area is 171 Å². The SMILES string of the molecule is O=C(c1ccccc1OC(F)F)N1CCN(C(=O)c2csc3c2CCCC3)CC1. The molecule has 1 fully saturated rings. The average Bonchev–Trinajstić information content (AvgIpc) is 3.17. The molecule has 2 heterocycles. The Bertz CT molecular complexity index is 907. The number of alkyl halides is 2. The van der Waals surface area contributed by atoms with Gasteiger partial charge in [-0.15, -0.1) is 11.3 Å². The van der Waals surface area contributed by atoms with E-state index < -0.39 is 6.61 Å². The van der Waals surface area contributed by atoms with Crippen LogP contribution in [-0.2, 0) is 12.8 Å². The number of benzene rings is 1. The Morgan fingerprint density at radius 1 is 0.931 bits per heavy atom. The fraction of sp³-hybridized carbons (Fsp3) is 0.429. The van der Waals surface area contributed by atoms with Gasteiger partial charge in [0.1, 0.15) is 5.75 Å². The quantitative estimate of drug-likeness (QED) is 0.756. The summed E-state index contributed by atoms with van der Waals surface area (Å²) in [5.41, 5.74) is 2.11. The maximum Gasteiger partial charge on any atom is 0.387 e. The highest BCUT2D eigenvalue weighted by atomic mass is 32.1. The maximum atomic E-state index is 13.0. The Hall–Kier alpha value is -2.48. The number of hydrogen-bond acceptors (Lipinski definition) is 4. The largest absolute Gasteiger partial charge is 0.434 e. The van der Waals surface area contributed by atoms with Crippen LogP contribution in [0.5, 0.6) is 5.75 Å². The molecule has 1 aromatic heterocycles. The molecule has 1 aliphatic carbocycles. The van der Waals surface area contributed by atoms with E-state index in [-0.39, 0.29) is 23.1 Å². The average molecular weight is 420 g/mol. The zero-order valence-electron chi connectivity index (χ0n) is 15.9. The summed E-state index contributed by atoms with van der Waals surface area (Å²) in [5, 5.41) is 1.97. The lowest BCUT2D eigenvalue weighted by Gasteiger charge is -2.35. The van der Waals surface area contributed by atoms with Gasteiger partial charge in [-0.2, -0.15) is 8.78 Å². The molecule has 0 N–H and O–H groups in total. The smallest absolute Gasteiger partial charge is 0.387 e. The van der Waals surface area contributed by atoms with Crippen molar-refractivity contribution in [2.45, 2.75) is 32.3 Å². The third-order valence-electron chi connectivity index (χ3n) is 5.48. The van der Waals surface area contributed by atoms with Crippen LogP contribution in [0.3, 0.4) is 0 Å². The molecule has 0 unspecified atom stereocenters. The van der Waals surface area contributed by atoms with Crippen LogP contribution in [0.25, 0.3) is 0 Å². The molecule has 29 heavy (non-hydrogen) atoms. The third-order valence-corrected chi connectivity index (χ3v) is 6.57. The minimum atomic E-state index is -2.99. The van der Waals surface area contributed by atoms with Gasteiger partial charge in [0.2, 0.25) is 0 Å². The number of aryl methyl sites for hydroxylation is 1. The van der Waals surface area contributed by atoms with Crippen molar-refractivity contribution in [3.05, 3.63) is 51.2 Å². The second-order valence-corrected chi connectivity index (χ2v) is 8.18. The minimum Gasteiger partial charge on any atom is -0.434 e. The summed E-state index contributed by atoms with van der Waals surface area (Å²) < 4.78 is 29.7. The molecule has 5 nitrogen and oxygen atoms in total. The van der Waals surface area contributed by atoms with E-state index in [2.05, 4.69) is 4.74 Å². The molecule has 1 aromatic carbocycles. The van der Waals surface area contributed by atoms with Crippen molar-refractivity contribution in [1.82, 2.24) is 9.80 Å².